The van der Waals surface area contributed by atoms with Crippen LogP contribution >= 0.6 is 0 Å². The molecule has 5 N–H and O–H groups in total. The topological polar surface area (TPSA) is 104 Å². The Labute approximate surface area is 194 Å². The highest BCUT2D eigenvalue weighted by molar-refractivity contribution is 5.92. The monoisotopic (exact) mass is 445 g/mol. The van der Waals surface area contributed by atoms with Gasteiger partial charge >= 0.3 is 0 Å². The fourth-order valence-electron chi connectivity index (χ4n) is 3.79. The summed E-state index contributed by atoms with van der Waals surface area (Å²) in [5.74, 6) is -0.868. The normalized spacial score (nSPS) is 12.7. The van der Waals surface area contributed by atoms with Crippen molar-refractivity contribution in [3.63, 3.8) is 0 Å². The van der Waals surface area contributed by atoms with Crippen LogP contribution in [0.5, 0.6) is 5.75 Å². The number of hydrogen-bond donors (Lipinski definition) is 4. The van der Waals surface area contributed by atoms with E-state index in [1.165, 1.54) is 0 Å². The van der Waals surface area contributed by atoms with E-state index in [2.05, 4.69) is 10.6 Å². The van der Waals surface area contributed by atoms with Crippen molar-refractivity contribution < 1.29 is 14.7 Å². The fraction of sp³-hybridized carbons (Fsp3) is 0.259. The predicted molar refractivity (Wildman–Crippen MR) is 130 cm³/mol. The zero-order valence-corrected chi connectivity index (χ0v) is 18.8. The van der Waals surface area contributed by atoms with E-state index < -0.39 is 12.0 Å². The predicted octanol–water partition coefficient (Wildman–Crippen LogP) is 3.63. The van der Waals surface area contributed by atoms with E-state index in [0.29, 0.717) is 19.4 Å². The molecule has 2 atom stereocenters. The second kappa shape index (κ2) is 11.8. The van der Waals surface area contributed by atoms with Crippen molar-refractivity contribution in [3.05, 3.63) is 102 Å². The lowest BCUT2D eigenvalue weighted by Crippen LogP contribution is -2.48. The van der Waals surface area contributed by atoms with Gasteiger partial charge in [-0.25, -0.2) is 0 Å². The minimum atomic E-state index is -0.712. The molecule has 172 valence electrons. The number of rotatable bonds is 10. The largest absolute Gasteiger partial charge is 0.508 e. The third-order valence-corrected chi connectivity index (χ3v) is 5.61. The molecular weight excluding hydrogens is 414 g/mol. The Balaban J connectivity index is 1.79. The van der Waals surface area contributed by atoms with E-state index in [0.717, 1.165) is 16.7 Å². The van der Waals surface area contributed by atoms with E-state index in [1.807, 2.05) is 67.6 Å². The van der Waals surface area contributed by atoms with Gasteiger partial charge in [0, 0.05) is 0 Å². The van der Waals surface area contributed by atoms with Crippen LogP contribution in [0.25, 0.3) is 0 Å². The first-order valence-corrected chi connectivity index (χ1v) is 11.2. The Kier molecular flexibility index (Phi) is 8.61. The molecule has 0 aliphatic rings. The lowest BCUT2D eigenvalue weighted by molar-refractivity contribution is -0.129. The smallest absolute Gasteiger partial charge is 0.243 e. The highest BCUT2D eigenvalue weighted by Gasteiger charge is 2.28. The molecule has 0 aliphatic heterocycles. The molecule has 0 fully saturated rings. The molecule has 0 bridgehead atoms. The summed E-state index contributed by atoms with van der Waals surface area (Å²) in [5.41, 5.74) is 8.26. The van der Waals surface area contributed by atoms with Gasteiger partial charge in [0.05, 0.1) is 12.0 Å². The quantitative estimate of drug-likeness (QED) is 0.383. The molecule has 3 aromatic carbocycles. The first kappa shape index (κ1) is 24.0. The Morgan fingerprint density at radius 2 is 1.33 bits per heavy atom. The van der Waals surface area contributed by atoms with Crippen molar-refractivity contribution >= 4 is 11.8 Å². The number of carbonyl (C=O) groups is 2. The maximum absolute atomic E-state index is 13.5. The molecule has 2 amide bonds. The van der Waals surface area contributed by atoms with Crippen molar-refractivity contribution in [1.29, 1.82) is 0 Å². The summed E-state index contributed by atoms with van der Waals surface area (Å²) in [6, 6.07) is 24.8. The molecular formula is C27H31N3O3. The minimum Gasteiger partial charge on any atom is -0.508 e. The van der Waals surface area contributed by atoms with Gasteiger partial charge < -0.3 is 21.5 Å². The van der Waals surface area contributed by atoms with Crippen LogP contribution in [0.3, 0.4) is 0 Å². The summed E-state index contributed by atoms with van der Waals surface area (Å²) in [6.45, 7) is 2.29. The van der Waals surface area contributed by atoms with Crippen LogP contribution in [0.2, 0.25) is 0 Å². The van der Waals surface area contributed by atoms with E-state index in [1.54, 1.807) is 24.3 Å². The lowest BCUT2D eigenvalue weighted by atomic mass is 9.90. The van der Waals surface area contributed by atoms with Crippen molar-refractivity contribution in [3.8, 4) is 5.75 Å². The lowest BCUT2D eigenvalue weighted by Gasteiger charge is -2.24. The first-order valence-electron chi connectivity index (χ1n) is 11.2. The molecule has 0 radical (unpaired) electrons. The van der Waals surface area contributed by atoms with Crippen molar-refractivity contribution in [1.82, 2.24) is 10.6 Å². The number of phenols is 1. The summed E-state index contributed by atoms with van der Waals surface area (Å²) in [6.07, 6.45) is 1.04. The highest BCUT2D eigenvalue weighted by atomic mass is 16.3. The maximum atomic E-state index is 13.5. The molecule has 6 nitrogen and oxygen atoms in total. The Bertz CT molecular complexity index is 984. The molecule has 3 aromatic rings. The summed E-state index contributed by atoms with van der Waals surface area (Å²) >= 11 is 0. The van der Waals surface area contributed by atoms with E-state index in [-0.39, 0.29) is 23.6 Å². The second-order valence-electron chi connectivity index (χ2n) is 8.07. The Morgan fingerprint density at radius 3 is 1.85 bits per heavy atom. The van der Waals surface area contributed by atoms with Gasteiger partial charge in [-0.1, -0.05) is 72.8 Å². The van der Waals surface area contributed by atoms with E-state index in [9.17, 15) is 14.7 Å². The van der Waals surface area contributed by atoms with E-state index >= 15 is 0 Å². The van der Waals surface area contributed by atoms with Gasteiger partial charge in [0.25, 0.3) is 0 Å². The van der Waals surface area contributed by atoms with Gasteiger partial charge in [0.1, 0.15) is 11.8 Å². The van der Waals surface area contributed by atoms with Gasteiger partial charge in [-0.2, -0.15) is 0 Å². The first-order chi connectivity index (χ1) is 16.0. The summed E-state index contributed by atoms with van der Waals surface area (Å²) < 4.78 is 0. The van der Waals surface area contributed by atoms with Crippen molar-refractivity contribution in [2.24, 2.45) is 5.73 Å². The SMILES string of the molecule is C[C@@H](NC(=O)[C@H](CCCN)NC(=O)C(c1ccccc1)c1ccccc1)c1ccc(O)cc1. The van der Waals surface area contributed by atoms with E-state index in [4.69, 9.17) is 5.73 Å². The molecule has 3 rings (SSSR count). The van der Waals surface area contributed by atoms with Gasteiger partial charge in [-0.15, -0.1) is 0 Å². The molecule has 0 unspecified atom stereocenters. The van der Waals surface area contributed by atoms with Crippen molar-refractivity contribution in [2.75, 3.05) is 6.54 Å². The molecule has 0 heterocycles. The number of phenolic OH excluding ortho intramolecular Hbond substituents is 1. The van der Waals surface area contributed by atoms with Crippen LogP contribution in [-0.2, 0) is 9.59 Å². The number of carbonyl (C=O) groups excluding carboxylic acids is 2. The standard InChI is InChI=1S/C27H31N3O3/c1-19(20-14-16-23(31)17-15-20)29-26(32)24(13-8-18-28)30-27(33)25(21-9-4-2-5-10-21)22-11-6-3-7-12-22/h2-7,9-12,14-17,19,24-25,31H,8,13,18,28H2,1H3,(H,29,32)(H,30,33)/t19-,24+/m1/s1. The zero-order valence-electron chi connectivity index (χ0n) is 18.8. The number of nitrogens with two attached hydrogens (primary N) is 1. The van der Waals surface area contributed by atoms with Crippen LogP contribution < -0.4 is 16.4 Å². The third-order valence-electron chi connectivity index (χ3n) is 5.61. The number of benzene rings is 3. The summed E-state index contributed by atoms with van der Waals surface area (Å²) in [7, 11) is 0. The van der Waals surface area contributed by atoms with Gasteiger partial charge in [0.2, 0.25) is 11.8 Å². The van der Waals surface area contributed by atoms with Crippen LogP contribution in [0.4, 0.5) is 0 Å². The maximum Gasteiger partial charge on any atom is 0.243 e. The van der Waals surface area contributed by atoms with Gasteiger partial charge in [-0.3, -0.25) is 9.59 Å². The zero-order chi connectivity index (χ0) is 23.6. The van der Waals surface area contributed by atoms with Crippen molar-refractivity contribution in [2.45, 2.75) is 37.8 Å². The van der Waals surface area contributed by atoms with Crippen LogP contribution in [0.15, 0.2) is 84.9 Å². The van der Waals surface area contributed by atoms with Gasteiger partial charge in [0.15, 0.2) is 0 Å². The number of hydrogen-bond acceptors (Lipinski definition) is 4. The molecule has 6 heteroatoms. The molecule has 0 spiro atoms. The van der Waals surface area contributed by atoms with Crippen LogP contribution in [0.1, 0.15) is 48.4 Å². The second-order valence-corrected chi connectivity index (χ2v) is 8.07. The molecule has 0 aliphatic carbocycles. The molecule has 0 saturated carbocycles. The molecule has 0 saturated heterocycles. The molecule has 0 aromatic heterocycles. The molecule has 33 heavy (non-hydrogen) atoms. The van der Waals surface area contributed by atoms with Gasteiger partial charge in [-0.05, 0) is 55.1 Å². The Morgan fingerprint density at radius 1 is 0.788 bits per heavy atom. The van der Waals surface area contributed by atoms with Crippen LogP contribution in [0, 0.1) is 0 Å². The average Bonchev–Trinajstić information content (AvgIpc) is 2.83. The van der Waals surface area contributed by atoms with Crippen LogP contribution in [-0.4, -0.2) is 29.5 Å². The minimum absolute atomic E-state index is 0.165. The number of nitrogens with one attached hydrogen (secondary N) is 2. The highest BCUT2D eigenvalue weighted by Crippen LogP contribution is 2.25. The summed E-state index contributed by atoms with van der Waals surface area (Å²) in [5, 5.41) is 15.4. The Hall–Kier alpha value is -3.64. The summed E-state index contributed by atoms with van der Waals surface area (Å²) in [4.78, 5) is 26.6. The number of amides is 2. The third kappa shape index (κ3) is 6.67. The average molecular weight is 446 g/mol. The fourth-order valence-corrected chi connectivity index (χ4v) is 3.79. The number of aromatic hydroxyl groups is 1.